The largest absolute Gasteiger partial charge is 0.493 e. The van der Waals surface area contributed by atoms with Gasteiger partial charge in [0, 0.05) is 44.1 Å². The van der Waals surface area contributed by atoms with Gasteiger partial charge in [0.15, 0.2) is 5.96 Å². The number of hydrogen-bond acceptors (Lipinski definition) is 3. The number of nitrogens with zero attached hydrogens (tertiary/aromatic N) is 2. The molecule has 2 N–H and O–H groups in total. The Labute approximate surface area is 209 Å². The molecule has 0 radical (unpaired) electrons. The summed E-state index contributed by atoms with van der Waals surface area (Å²) in [5.74, 6) is 0.0723. The smallest absolute Gasteiger partial charge is 0.243 e. The van der Waals surface area contributed by atoms with Crippen molar-refractivity contribution in [2.75, 3.05) is 33.8 Å². The third-order valence-electron chi connectivity index (χ3n) is 6.09. The van der Waals surface area contributed by atoms with E-state index in [0.717, 1.165) is 36.6 Å². The number of halogens is 3. The molecule has 9 heteroatoms. The number of benzene rings is 2. The van der Waals surface area contributed by atoms with Gasteiger partial charge in [0.2, 0.25) is 5.91 Å². The summed E-state index contributed by atoms with van der Waals surface area (Å²) in [5, 5.41) is 6.72. The van der Waals surface area contributed by atoms with Gasteiger partial charge in [-0.2, -0.15) is 0 Å². The van der Waals surface area contributed by atoms with Gasteiger partial charge >= 0.3 is 0 Å². The number of carbonyl (C=O) groups excluding carboxylic acids is 1. The average Bonchev–Trinajstić information content (AvgIpc) is 3.56. The van der Waals surface area contributed by atoms with E-state index in [1.54, 1.807) is 14.1 Å². The van der Waals surface area contributed by atoms with Crippen molar-refractivity contribution in [3.8, 4) is 5.75 Å². The van der Waals surface area contributed by atoms with Gasteiger partial charge in [0.05, 0.1) is 12.6 Å². The zero-order valence-electron chi connectivity index (χ0n) is 18.7. The number of hydrogen-bond donors (Lipinski definition) is 2. The summed E-state index contributed by atoms with van der Waals surface area (Å²) in [7, 11) is 3.37. The first-order valence-electron chi connectivity index (χ1n) is 10.8. The Morgan fingerprint density at radius 2 is 1.97 bits per heavy atom. The molecule has 4 rings (SSSR count). The van der Waals surface area contributed by atoms with Crippen LogP contribution in [0.1, 0.15) is 36.4 Å². The van der Waals surface area contributed by atoms with Crippen molar-refractivity contribution in [3.05, 3.63) is 65.2 Å². The first kappa shape index (κ1) is 25.2. The van der Waals surface area contributed by atoms with Crippen LogP contribution >= 0.6 is 24.0 Å². The van der Waals surface area contributed by atoms with Crippen LogP contribution in [0.5, 0.6) is 5.75 Å². The second-order valence-electron chi connectivity index (χ2n) is 8.58. The molecule has 1 fully saturated rings. The van der Waals surface area contributed by atoms with E-state index in [-0.39, 0.29) is 42.5 Å². The Morgan fingerprint density at radius 1 is 1.21 bits per heavy atom. The van der Waals surface area contributed by atoms with Crippen LogP contribution in [0.4, 0.5) is 8.78 Å². The van der Waals surface area contributed by atoms with Gasteiger partial charge in [0.25, 0.3) is 0 Å². The van der Waals surface area contributed by atoms with E-state index in [0.29, 0.717) is 24.7 Å². The highest BCUT2D eigenvalue weighted by Gasteiger charge is 2.46. The van der Waals surface area contributed by atoms with Gasteiger partial charge in [-0.05, 0) is 30.5 Å². The maximum atomic E-state index is 14.4. The summed E-state index contributed by atoms with van der Waals surface area (Å²) >= 11 is 0. The lowest BCUT2D eigenvalue weighted by atomic mass is 9.95. The lowest BCUT2D eigenvalue weighted by Gasteiger charge is -2.29. The Balaban J connectivity index is 0.00000306. The Bertz CT molecular complexity index is 1030. The SMILES string of the molecule is CN(C)C(=O)CN=C(NCC1(c2ccc(F)cc2F)CC1)NC1CCOc2ccccc21.I. The van der Waals surface area contributed by atoms with Gasteiger partial charge in [-0.1, -0.05) is 24.3 Å². The summed E-state index contributed by atoms with van der Waals surface area (Å²) in [6, 6.07) is 11.5. The van der Waals surface area contributed by atoms with E-state index >= 15 is 0 Å². The molecule has 1 saturated carbocycles. The zero-order chi connectivity index (χ0) is 22.7. The van der Waals surface area contributed by atoms with Crippen molar-refractivity contribution in [3.63, 3.8) is 0 Å². The molecule has 0 spiro atoms. The zero-order valence-corrected chi connectivity index (χ0v) is 21.1. The van der Waals surface area contributed by atoms with Crippen molar-refractivity contribution in [1.82, 2.24) is 15.5 Å². The predicted molar refractivity (Wildman–Crippen MR) is 134 cm³/mol. The quantitative estimate of drug-likeness (QED) is 0.316. The highest BCUT2D eigenvalue weighted by atomic mass is 127. The first-order chi connectivity index (χ1) is 15.4. The highest BCUT2D eigenvalue weighted by Crippen LogP contribution is 2.48. The molecule has 2 aromatic rings. The number of likely N-dealkylation sites (N-methyl/N-ethyl adjacent to an activating group) is 1. The molecular formula is C24H29F2IN4O2. The second-order valence-corrected chi connectivity index (χ2v) is 8.58. The summed E-state index contributed by atoms with van der Waals surface area (Å²) in [6.07, 6.45) is 2.34. The molecule has 178 valence electrons. The van der Waals surface area contributed by atoms with Crippen LogP contribution < -0.4 is 15.4 Å². The van der Waals surface area contributed by atoms with Gasteiger partial charge in [-0.15, -0.1) is 24.0 Å². The van der Waals surface area contributed by atoms with Crippen molar-refractivity contribution in [1.29, 1.82) is 0 Å². The van der Waals surface area contributed by atoms with Crippen molar-refractivity contribution in [2.45, 2.75) is 30.7 Å². The van der Waals surface area contributed by atoms with Crippen LogP contribution in [-0.2, 0) is 10.2 Å². The van der Waals surface area contributed by atoms with E-state index in [9.17, 15) is 13.6 Å². The van der Waals surface area contributed by atoms with Crippen molar-refractivity contribution < 1.29 is 18.3 Å². The molecule has 0 saturated heterocycles. The van der Waals surface area contributed by atoms with E-state index in [1.165, 1.54) is 17.0 Å². The molecule has 1 atom stereocenters. The summed E-state index contributed by atoms with van der Waals surface area (Å²) < 4.78 is 33.5. The van der Waals surface area contributed by atoms with Crippen LogP contribution in [-0.4, -0.2) is 50.6 Å². The molecule has 2 aliphatic rings. The third-order valence-corrected chi connectivity index (χ3v) is 6.09. The molecule has 1 amide bonds. The minimum atomic E-state index is -0.584. The number of nitrogens with one attached hydrogen (secondary N) is 2. The lowest BCUT2D eigenvalue weighted by Crippen LogP contribution is -2.44. The summed E-state index contributed by atoms with van der Waals surface area (Å²) in [6.45, 7) is 0.997. The molecule has 33 heavy (non-hydrogen) atoms. The molecule has 2 aromatic carbocycles. The maximum Gasteiger partial charge on any atom is 0.243 e. The first-order valence-corrected chi connectivity index (χ1v) is 10.8. The Hall–Kier alpha value is -2.43. The minimum absolute atomic E-state index is 0. The second kappa shape index (κ2) is 10.7. The number of guanidine groups is 1. The fraction of sp³-hybridized carbons (Fsp3) is 0.417. The molecule has 0 bridgehead atoms. The number of para-hydroxylation sites is 1. The molecule has 1 unspecified atom stereocenters. The average molecular weight is 570 g/mol. The van der Waals surface area contributed by atoms with Crippen LogP contribution in [0.15, 0.2) is 47.5 Å². The predicted octanol–water partition coefficient (Wildman–Crippen LogP) is 3.76. The fourth-order valence-electron chi connectivity index (χ4n) is 3.96. The highest BCUT2D eigenvalue weighted by molar-refractivity contribution is 14.0. The number of carbonyl (C=O) groups is 1. The third kappa shape index (κ3) is 5.93. The molecular weight excluding hydrogens is 541 g/mol. The Morgan fingerprint density at radius 3 is 2.67 bits per heavy atom. The molecule has 0 aromatic heterocycles. The molecule has 1 aliphatic carbocycles. The van der Waals surface area contributed by atoms with E-state index in [1.807, 2.05) is 24.3 Å². The maximum absolute atomic E-state index is 14.4. The summed E-state index contributed by atoms with van der Waals surface area (Å²) in [4.78, 5) is 18.1. The van der Waals surface area contributed by atoms with Crippen LogP contribution in [0, 0.1) is 11.6 Å². The standard InChI is InChI=1S/C24H28F2N4O2.HI/c1-30(2)22(31)14-27-23(29-20-9-12-32-21-6-4-3-5-17(20)21)28-15-24(10-11-24)18-8-7-16(25)13-19(18)26;/h3-8,13,20H,9-12,14-15H2,1-2H3,(H2,27,28,29);1H. The van der Waals surface area contributed by atoms with Crippen molar-refractivity contribution in [2.24, 2.45) is 4.99 Å². The number of amides is 1. The number of fused-ring (bicyclic) bond motifs is 1. The van der Waals surface area contributed by atoms with Crippen molar-refractivity contribution >= 4 is 35.8 Å². The van der Waals surface area contributed by atoms with Gasteiger partial charge in [0.1, 0.15) is 23.9 Å². The summed E-state index contributed by atoms with van der Waals surface area (Å²) in [5.41, 5.74) is 1.13. The van der Waals surface area contributed by atoms with Gasteiger partial charge in [-0.3, -0.25) is 4.79 Å². The fourth-order valence-corrected chi connectivity index (χ4v) is 3.96. The van der Waals surface area contributed by atoms with Gasteiger partial charge in [-0.25, -0.2) is 13.8 Å². The van der Waals surface area contributed by atoms with E-state index < -0.39 is 17.0 Å². The van der Waals surface area contributed by atoms with Crippen LogP contribution in [0.25, 0.3) is 0 Å². The van der Waals surface area contributed by atoms with Crippen LogP contribution in [0.3, 0.4) is 0 Å². The molecule has 6 nitrogen and oxygen atoms in total. The Kier molecular flexibility index (Phi) is 8.14. The van der Waals surface area contributed by atoms with E-state index in [4.69, 9.17) is 4.74 Å². The topological polar surface area (TPSA) is 66.0 Å². The normalized spacial score (nSPS) is 18.3. The number of ether oxygens (including phenoxy) is 1. The van der Waals surface area contributed by atoms with E-state index in [2.05, 4.69) is 15.6 Å². The van der Waals surface area contributed by atoms with Crippen LogP contribution in [0.2, 0.25) is 0 Å². The monoisotopic (exact) mass is 570 g/mol. The lowest BCUT2D eigenvalue weighted by molar-refractivity contribution is -0.127. The van der Waals surface area contributed by atoms with Gasteiger partial charge < -0.3 is 20.3 Å². The minimum Gasteiger partial charge on any atom is -0.493 e. The molecule has 1 heterocycles. The molecule has 1 aliphatic heterocycles. The number of aliphatic imine (C=N–C) groups is 1. The number of rotatable bonds is 6.